The lowest BCUT2D eigenvalue weighted by molar-refractivity contribution is -0.144. The molecule has 0 aliphatic carbocycles. The van der Waals surface area contributed by atoms with Crippen molar-refractivity contribution in [2.75, 3.05) is 32.8 Å². The summed E-state index contributed by atoms with van der Waals surface area (Å²) in [6, 6.07) is 4.77. The summed E-state index contributed by atoms with van der Waals surface area (Å²) in [6.07, 6.45) is -0.359. The number of amides is 11. The van der Waals surface area contributed by atoms with Crippen molar-refractivity contribution in [2.24, 2.45) is 33.8 Å². The van der Waals surface area contributed by atoms with Crippen LogP contribution in [0.25, 0.3) is 10.9 Å². The molecule has 3 heterocycles. The Kier molecular flexibility index (Phi) is 29.6. The number of aromatic nitrogens is 1. The number of H-pyrrole nitrogens is 1. The number of carbonyl (C=O) groups is 13. The Morgan fingerprint density at radius 3 is 1.63 bits per heavy atom. The predicted molar refractivity (Wildman–Crippen MR) is 359 cm³/mol. The molecule has 542 valence electrons. The number of benzene rings is 3. The number of aromatic amines is 1. The fraction of sp³-hybridized carbons (Fsp3) is 0.485. The van der Waals surface area contributed by atoms with E-state index in [0.717, 1.165) is 26.3 Å². The number of fused-ring (bicyclic) bond motifs is 1. The number of phenolic OH excluding ortho intramolecular Hbond substituents is 1. The fourth-order valence-corrected chi connectivity index (χ4v) is 11.7. The Balaban J connectivity index is 1.15. The number of guanidine groups is 1. The maximum atomic E-state index is 14.8. The number of carboxylic acid groups (broad SMARTS) is 2. The number of aliphatic hydroxyl groups is 2. The number of aromatic hydroxyl groups is 1. The molecule has 11 atom stereocenters. The Morgan fingerprint density at radius 1 is 0.560 bits per heavy atom. The highest BCUT2D eigenvalue weighted by Gasteiger charge is 2.43. The van der Waals surface area contributed by atoms with Crippen LogP contribution in [0, 0.1) is 5.92 Å². The SMILES string of the molecule is CC(C)C[C@H](NC(=O)[C@H](CC(N)=O)NC(=O)[C@H](CCC(=O)O)NC(=O)[C@@H]1CCCN1C(=O)[C@H](Cc1ccccc1)NC(=O)[C@H](CO)NC(=O)[C@@H]1CCCN1C(=O)[C@H](CO)NC(=O)[C@H](CCCN=C(N)N)NC(=O)[C@H](Cc1ccc(O)cc1)NC(=O)[C@@H](N)Cc1c[nH]c2ccccc12)C(=O)O. The molecule has 2 aliphatic rings. The number of nitrogens with zero attached hydrogens (tertiary/aromatic N) is 3. The van der Waals surface area contributed by atoms with Gasteiger partial charge < -0.3 is 106 Å². The summed E-state index contributed by atoms with van der Waals surface area (Å²) in [5.41, 5.74) is 25.4. The van der Waals surface area contributed by atoms with Gasteiger partial charge in [0.25, 0.3) is 0 Å². The standard InChI is InChI=1S/C66H90N16O18/c1-35(2)27-48(65(99)100)78-59(93)46(31-53(68)86)76-57(91)44(22-23-54(87)88)74-61(95)51-16-9-25-81(51)63(97)47(29-36-11-4-3-5-12-36)77-60(94)49(33-83)79-62(96)52-17-10-26-82(52)64(98)50(34-84)80-56(90)43(15-8-24-71-66(69)70)73-58(92)45(28-37-18-20-39(85)21-19-37)75-55(89)41(67)30-38-32-72-42-14-7-6-13-40(38)42/h3-7,11-14,18-21,32,35,41,43-52,72,83-85H,8-10,15-17,22-31,33-34,67H2,1-2H3,(H2,68,86)(H,73,92)(H,74,95)(H,75,89)(H,76,91)(H,77,94)(H,78,93)(H,79,96)(H,80,90)(H,87,88)(H,99,100)(H4,69,70,71)/t41-,43-,44-,45-,46-,47-,48-,49-,50-,51-,52-/m0/s1. The zero-order valence-electron chi connectivity index (χ0n) is 55.4. The minimum Gasteiger partial charge on any atom is -0.508 e. The number of nitrogens with one attached hydrogen (secondary N) is 9. The number of phenols is 1. The van der Waals surface area contributed by atoms with Crippen LogP contribution in [-0.2, 0) is 81.6 Å². The van der Waals surface area contributed by atoms with Crippen molar-refractivity contribution in [2.45, 2.75) is 164 Å². The zero-order chi connectivity index (χ0) is 73.3. The molecular formula is C66H90N16O18. The number of aliphatic carboxylic acids is 2. The van der Waals surface area contributed by atoms with Gasteiger partial charge in [0.15, 0.2) is 5.96 Å². The van der Waals surface area contributed by atoms with Crippen LogP contribution < -0.4 is 65.5 Å². The largest absolute Gasteiger partial charge is 0.508 e. The summed E-state index contributed by atoms with van der Waals surface area (Å²) in [5.74, 6) is -14.1. The number of carbonyl (C=O) groups excluding carboxylic acids is 11. The van der Waals surface area contributed by atoms with Crippen LogP contribution in [0.3, 0.4) is 0 Å². The zero-order valence-corrected chi connectivity index (χ0v) is 55.4. The highest BCUT2D eigenvalue weighted by molar-refractivity contribution is 6.00. The van der Waals surface area contributed by atoms with Crippen molar-refractivity contribution >= 4 is 93.8 Å². The van der Waals surface area contributed by atoms with Gasteiger partial charge in [-0.05, 0) is 98.6 Å². The first kappa shape index (κ1) is 78.3. The number of para-hydroxylation sites is 1. The van der Waals surface area contributed by atoms with Gasteiger partial charge in [-0.1, -0.05) is 74.5 Å². The number of aliphatic imine (C=N–C) groups is 1. The highest BCUT2D eigenvalue weighted by atomic mass is 16.4. The molecule has 3 aromatic carbocycles. The van der Waals surface area contributed by atoms with E-state index in [0.29, 0.717) is 11.1 Å². The molecule has 11 amide bonds. The van der Waals surface area contributed by atoms with Gasteiger partial charge in [0.1, 0.15) is 66.2 Å². The first-order valence-electron chi connectivity index (χ1n) is 32.7. The smallest absolute Gasteiger partial charge is 0.326 e. The maximum Gasteiger partial charge on any atom is 0.326 e. The molecule has 2 fully saturated rings. The van der Waals surface area contributed by atoms with E-state index in [1.165, 1.54) is 24.3 Å². The highest BCUT2D eigenvalue weighted by Crippen LogP contribution is 2.24. The predicted octanol–water partition coefficient (Wildman–Crippen LogP) is -4.00. The number of rotatable bonds is 38. The number of primary amides is 1. The van der Waals surface area contributed by atoms with Gasteiger partial charge in [-0.15, -0.1) is 0 Å². The van der Waals surface area contributed by atoms with E-state index < -0.39 is 176 Å². The van der Waals surface area contributed by atoms with Crippen LogP contribution >= 0.6 is 0 Å². The van der Waals surface area contributed by atoms with Gasteiger partial charge in [-0.2, -0.15) is 0 Å². The molecule has 0 radical (unpaired) electrons. The summed E-state index contributed by atoms with van der Waals surface area (Å²) >= 11 is 0. The Bertz CT molecular complexity index is 3590. The molecule has 34 heteroatoms. The number of carboxylic acids is 2. The molecule has 22 N–H and O–H groups in total. The molecule has 0 unspecified atom stereocenters. The summed E-state index contributed by atoms with van der Waals surface area (Å²) in [7, 11) is 0. The van der Waals surface area contributed by atoms with Crippen LogP contribution in [0.4, 0.5) is 0 Å². The van der Waals surface area contributed by atoms with Crippen molar-refractivity contribution in [3.63, 3.8) is 0 Å². The average Bonchev–Trinajstić information content (AvgIpc) is 1.63. The molecule has 2 saturated heterocycles. The molecule has 0 bridgehead atoms. The normalized spacial score (nSPS) is 16.9. The van der Waals surface area contributed by atoms with E-state index >= 15 is 0 Å². The number of aliphatic hydroxyl groups excluding tert-OH is 2. The maximum absolute atomic E-state index is 14.8. The van der Waals surface area contributed by atoms with Crippen LogP contribution in [0.5, 0.6) is 5.75 Å². The van der Waals surface area contributed by atoms with Crippen LogP contribution in [0.1, 0.15) is 94.7 Å². The van der Waals surface area contributed by atoms with E-state index in [-0.39, 0.29) is 101 Å². The Morgan fingerprint density at radius 2 is 1.05 bits per heavy atom. The minimum atomic E-state index is -1.79. The van der Waals surface area contributed by atoms with Crippen molar-refractivity contribution in [1.29, 1.82) is 0 Å². The van der Waals surface area contributed by atoms with Gasteiger partial charge in [-0.3, -0.25) is 62.5 Å². The number of nitrogens with two attached hydrogens (primary N) is 4. The van der Waals surface area contributed by atoms with Gasteiger partial charge in [0.2, 0.25) is 65.0 Å². The molecule has 0 spiro atoms. The minimum absolute atomic E-state index is 0.00458. The second kappa shape index (κ2) is 37.8. The number of hydrogen-bond acceptors (Lipinski definition) is 18. The number of likely N-dealkylation sites (tertiary alicyclic amines) is 2. The van der Waals surface area contributed by atoms with E-state index in [9.17, 15) is 87.9 Å². The number of hydrogen-bond donors (Lipinski definition) is 18. The summed E-state index contributed by atoms with van der Waals surface area (Å²) < 4.78 is 0. The summed E-state index contributed by atoms with van der Waals surface area (Å²) in [6.45, 7) is 1.13. The van der Waals surface area contributed by atoms with Crippen molar-refractivity contribution in [1.82, 2.24) is 57.3 Å². The lowest BCUT2D eigenvalue weighted by Gasteiger charge is -2.31. The van der Waals surface area contributed by atoms with Crippen molar-refractivity contribution < 1.29 is 87.9 Å². The fourth-order valence-electron chi connectivity index (χ4n) is 11.7. The van der Waals surface area contributed by atoms with Crippen molar-refractivity contribution in [3.8, 4) is 5.75 Å². The van der Waals surface area contributed by atoms with Crippen molar-refractivity contribution in [3.05, 3.63) is 102 Å². The van der Waals surface area contributed by atoms with Crippen LogP contribution in [0.15, 0.2) is 90.1 Å². The van der Waals surface area contributed by atoms with Gasteiger partial charge in [0.05, 0.1) is 25.7 Å². The van der Waals surface area contributed by atoms with Gasteiger partial charge >= 0.3 is 11.9 Å². The second-order valence-corrected chi connectivity index (χ2v) is 25.0. The Hall–Kier alpha value is -10.7. The first-order valence-corrected chi connectivity index (χ1v) is 32.7. The van der Waals surface area contributed by atoms with E-state index in [1.54, 1.807) is 50.4 Å². The second-order valence-electron chi connectivity index (χ2n) is 25.0. The monoisotopic (exact) mass is 1390 g/mol. The quantitative estimate of drug-likeness (QED) is 0.0116. The summed E-state index contributed by atoms with van der Waals surface area (Å²) in [4.78, 5) is 187. The molecule has 34 nitrogen and oxygen atoms in total. The van der Waals surface area contributed by atoms with Crippen LogP contribution in [0.2, 0.25) is 0 Å². The van der Waals surface area contributed by atoms with Crippen LogP contribution in [-0.4, -0.2) is 223 Å². The molecule has 1 aromatic heterocycles. The van der Waals surface area contributed by atoms with E-state index in [1.807, 2.05) is 24.3 Å². The van der Waals surface area contributed by atoms with E-state index in [2.05, 4.69) is 52.5 Å². The molecule has 2 aliphatic heterocycles. The molecule has 4 aromatic rings. The lowest BCUT2D eigenvalue weighted by atomic mass is 10.0. The third-order valence-corrected chi connectivity index (χ3v) is 16.9. The first-order chi connectivity index (χ1) is 47.6. The molecule has 6 rings (SSSR count). The molecular weight excluding hydrogens is 1300 g/mol. The van der Waals surface area contributed by atoms with Gasteiger partial charge in [0, 0.05) is 56.0 Å². The average molecular weight is 1400 g/mol. The third kappa shape index (κ3) is 23.2. The molecule has 0 saturated carbocycles. The van der Waals surface area contributed by atoms with E-state index in [4.69, 9.17) is 22.9 Å². The van der Waals surface area contributed by atoms with Gasteiger partial charge in [-0.25, -0.2) is 4.79 Å². The topological polar surface area (TPSA) is 558 Å². The summed E-state index contributed by atoms with van der Waals surface area (Å²) in [5, 5.41) is 71.2. The lowest BCUT2D eigenvalue weighted by Crippen LogP contribution is -2.61. The third-order valence-electron chi connectivity index (χ3n) is 16.9. The molecule has 100 heavy (non-hydrogen) atoms. The Labute approximate surface area is 574 Å².